The molecule has 25 heavy (non-hydrogen) atoms. The number of ether oxygens (including phenoxy) is 2. The Kier molecular flexibility index (Phi) is 6.34. The van der Waals surface area contributed by atoms with Crippen LogP contribution in [0.1, 0.15) is 48.7 Å². The molecule has 2 aromatic rings. The van der Waals surface area contributed by atoms with Crippen molar-refractivity contribution in [1.82, 2.24) is 0 Å². The van der Waals surface area contributed by atoms with Crippen molar-refractivity contribution in [2.75, 3.05) is 0 Å². The molecule has 0 aliphatic carbocycles. The lowest BCUT2D eigenvalue weighted by Crippen LogP contribution is -2.23. The highest BCUT2D eigenvalue weighted by atomic mass is 16.6. The highest BCUT2D eigenvalue weighted by molar-refractivity contribution is 5.89. The van der Waals surface area contributed by atoms with Gasteiger partial charge in [0, 0.05) is 6.42 Å². The third-order valence-electron chi connectivity index (χ3n) is 3.45. The Bertz CT molecular complexity index is 697. The molecule has 0 unspecified atom stereocenters. The predicted octanol–water partition coefficient (Wildman–Crippen LogP) is 4.32. The van der Waals surface area contributed by atoms with Gasteiger partial charge in [-0.2, -0.15) is 0 Å². The highest BCUT2D eigenvalue weighted by Crippen LogP contribution is 2.14. The molecule has 2 aromatic carbocycles. The van der Waals surface area contributed by atoms with Crippen molar-refractivity contribution < 1.29 is 19.1 Å². The first-order valence-electron chi connectivity index (χ1n) is 8.35. The molecule has 0 fully saturated rings. The molecular weight excluding hydrogens is 316 g/mol. The number of carbonyl (C=O) groups is 2. The number of benzene rings is 2. The van der Waals surface area contributed by atoms with Crippen LogP contribution in [-0.4, -0.2) is 17.5 Å². The molecule has 0 radical (unpaired) electrons. The fourth-order valence-corrected chi connectivity index (χ4v) is 2.20. The van der Waals surface area contributed by atoms with Gasteiger partial charge in [0.25, 0.3) is 0 Å². The number of hydrogen-bond donors (Lipinski definition) is 0. The van der Waals surface area contributed by atoms with Gasteiger partial charge < -0.3 is 9.47 Å². The highest BCUT2D eigenvalue weighted by Gasteiger charge is 2.17. The van der Waals surface area contributed by atoms with Gasteiger partial charge in [0.2, 0.25) is 0 Å². The van der Waals surface area contributed by atoms with Gasteiger partial charge in [0.05, 0.1) is 5.56 Å². The van der Waals surface area contributed by atoms with Crippen molar-refractivity contribution in [3.63, 3.8) is 0 Å². The second-order valence-corrected chi connectivity index (χ2v) is 6.85. The number of rotatable bonds is 6. The average Bonchev–Trinajstić information content (AvgIpc) is 2.58. The van der Waals surface area contributed by atoms with E-state index in [1.807, 2.05) is 63.2 Å². The molecule has 0 aliphatic rings. The first kappa shape index (κ1) is 18.7. The Hall–Kier alpha value is -2.62. The molecule has 132 valence electrons. The molecule has 0 N–H and O–H groups in total. The lowest BCUT2D eigenvalue weighted by molar-refractivity contribution is -0.144. The van der Waals surface area contributed by atoms with Gasteiger partial charge in [-0.3, -0.25) is 4.79 Å². The summed E-state index contributed by atoms with van der Waals surface area (Å²) in [5.74, 6) is -0.582. The SMILES string of the molecule is CC(C)(C)OC(=O)c1ccc(CCC(=O)OCc2ccccc2)cc1. The minimum Gasteiger partial charge on any atom is -0.461 e. The van der Waals surface area contributed by atoms with Gasteiger partial charge in [-0.25, -0.2) is 4.79 Å². The zero-order valence-corrected chi connectivity index (χ0v) is 15.0. The Morgan fingerprint density at radius 3 is 2.12 bits per heavy atom. The largest absolute Gasteiger partial charge is 0.461 e. The standard InChI is InChI=1S/C21H24O4/c1-21(2,3)25-20(23)18-12-9-16(10-13-18)11-14-19(22)24-15-17-7-5-4-6-8-17/h4-10,12-13H,11,14-15H2,1-3H3. The summed E-state index contributed by atoms with van der Waals surface area (Å²) in [5.41, 5.74) is 1.94. The summed E-state index contributed by atoms with van der Waals surface area (Å²) >= 11 is 0. The summed E-state index contributed by atoms with van der Waals surface area (Å²) in [4.78, 5) is 23.8. The van der Waals surface area contributed by atoms with Gasteiger partial charge in [-0.05, 0) is 50.5 Å². The van der Waals surface area contributed by atoms with Crippen LogP contribution >= 0.6 is 0 Å². The maximum absolute atomic E-state index is 12.0. The maximum atomic E-state index is 12.0. The minimum absolute atomic E-state index is 0.236. The van der Waals surface area contributed by atoms with E-state index in [2.05, 4.69) is 0 Å². The first-order valence-corrected chi connectivity index (χ1v) is 8.35. The van der Waals surface area contributed by atoms with Crippen LogP contribution < -0.4 is 0 Å². The maximum Gasteiger partial charge on any atom is 0.338 e. The molecule has 0 amide bonds. The van der Waals surface area contributed by atoms with E-state index in [4.69, 9.17) is 9.47 Å². The quantitative estimate of drug-likeness (QED) is 0.735. The molecule has 0 bridgehead atoms. The van der Waals surface area contributed by atoms with E-state index < -0.39 is 5.60 Å². The lowest BCUT2D eigenvalue weighted by Gasteiger charge is -2.19. The van der Waals surface area contributed by atoms with E-state index in [-0.39, 0.29) is 18.5 Å². The molecule has 0 saturated carbocycles. The Morgan fingerprint density at radius 1 is 0.880 bits per heavy atom. The summed E-state index contributed by atoms with van der Waals surface area (Å²) in [6, 6.07) is 16.7. The summed E-state index contributed by atoms with van der Waals surface area (Å²) in [7, 11) is 0. The Balaban J connectivity index is 1.79. The Morgan fingerprint density at radius 2 is 1.52 bits per heavy atom. The van der Waals surface area contributed by atoms with Gasteiger partial charge in [-0.15, -0.1) is 0 Å². The van der Waals surface area contributed by atoms with Gasteiger partial charge in [0.1, 0.15) is 12.2 Å². The number of carbonyl (C=O) groups excluding carboxylic acids is 2. The van der Waals surface area contributed by atoms with E-state index in [0.29, 0.717) is 18.4 Å². The summed E-state index contributed by atoms with van der Waals surface area (Å²) in [5, 5.41) is 0. The van der Waals surface area contributed by atoms with E-state index in [1.165, 1.54) is 0 Å². The van der Waals surface area contributed by atoms with Gasteiger partial charge >= 0.3 is 11.9 Å². The van der Waals surface area contributed by atoms with Crippen LogP contribution in [0.25, 0.3) is 0 Å². The van der Waals surface area contributed by atoms with E-state index in [9.17, 15) is 9.59 Å². The lowest BCUT2D eigenvalue weighted by atomic mass is 10.1. The minimum atomic E-state index is -0.516. The van der Waals surface area contributed by atoms with E-state index >= 15 is 0 Å². The summed E-state index contributed by atoms with van der Waals surface area (Å²) < 4.78 is 10.6. The number of hydrogen-bond acceptors (Lipinski definition) is 4. The first-order chi connectivity index (χ1) is 11.8. The van der Waals surface area contributed by atoms with Crippen molar-refractivity contribution in [2.45, 2.75) is 45.8 Å². The van der Waals surface area contributed by atoms with Crippen LogP contribution in [-0.2, 0) is 27.3 Å². The van der Waals surface area contributed by atoms with Gasteiger partial charge in [-0.1, -0.05) is 42.5 Å². The zero-order valence-electron chi connectivity index (χ0n) is 15.0. The topological polar surface area (TPSA) is 52.6 Å². The molecule has 0 aliphatic heterocycles. The van der Waals surface area contributed by atoms with Crippen LogP contribution in [0, 0.1) is 0 Å². The average molecular weight is 340 g/mol. The van der Waals surface area contributed by atoms with Crippen molar-refractivity contribution in [3.8, 4) is 0 Å². The van der Waals surface area contributed by atoms with Crippen LogP contribution in [0.15, 0.2) is 54.6 Å². The van der Waals surface area contributed by atoms with Gasteiger partial charge in [0.15, 0.2) is 0 Å². The molecular formula is C21H24O4. The summed E-state index contributed by atoms with van der Waals surface area (Å²) in [6.45, 7) is 5.79. The third kappa shape index (κ3) is 6.79. The van der Waals surface area contributed by atoms with Crippen LogP contribution in [0.2, 0.25) is 0 Å². The zero-order chi connectivity index (χ0) is 18.3. The summed E-state index contributed by atoms with van der Waals surface area (Å²) in [6.07, 6.45) is 0.876. The third-order valence-corrected chi connectivity index (χ3v) is 3.45. The van der Waals surface area contributed by atoms with E-state index in [1.54, 1.807) is 12.1 Å². The second kappa shape index (κ2) is 8.47. The molecule has 0 spiro atoms. The number of esters is 2. The molecule has 0 saturated heterocycles. The number of aryl methyl sites for hydroxylation is 1. The predicted molar refractivity (Wildman–Crippen MR) is 96.2 cm³/mol. The second-order valence-electron chi connectivity index (χ2n) is 6.85. The monoisotopic (exact) mass is 340 g/mol. The van der Waals surface area contributed by atoms with E-state index in [0.717, 1.165) is 11.1 Å². The fraction of sp³-hybridized carbons (Fsp3) is 0.333. The van der Waals surface area contributed by atoms with Crippen molar-refractivity contribution in [1.29, 1.82) is 0 Å². The van der Waals surface area contributed by atoms with Crippen LogP contribution in [0.5, 0.6) is 0 Å². The Labute approximate surface area is 148 Å². The van der Waals surface area contributed by atoms with Crippen molar-refractivity contribution in [2.24, 2.45) is 0 Å². The fourth-order valence-electron chi connectivity index (χ4n) is 2.20. The normalized spacial score (nSPS) is 11.0. The van der Waals surface area contributed by atoms with Crippen LogP contribution in [0.4, 0.5) is 0 Å². The van der Waals surface area contributed by atoms with Crippen LogP contribution in [0.3, 0.4) is 0 Å². The van der Waals surface area contributed by atoms with Crippen molar-refractivity contribution in [3.05, 3.63) is 71.3 Å². The molecule has 2 rings (SSSR count). The molecule has 0 aromatic heterocycles. The van der Waals surface area contributed by atoms with Crippen molar-refractivity contribution >= 4 is 11.9 Å². The molecule has 0 heterocycles. The molecule has 4 nitrogen and oxygen atoms in total. The smallest absolute Gasteiger partial charge is 0.338 e. The molecule has 4 heteroatoms. The molecule has 0 atom stereocenters.